The first kappa shape index (κ1) is 13.8. The highest BCUT2D eigenvalue weighted by molar-refractivity contribution is 5.43. The standard InChI is InChI=1S/C15H25N5/c16-11-14-15(18-6-5-17-14)20-9-3-13(4-10-20)12-19-7-1-2-8-19/h5-6,13H,1-4,7-12,16H2. The van der Waals surface area contributed by atoms with Crippen LogP contribution in [0.2, 0.25) is 0 Å². The molecule has 1 aromatic rings. The molecule has 5 nitrogen and oxygen atoms in total. The zero-order chi connectivity index (χ0) is 13.8. The maximum absolute atomic E-state index is 5.76. The third kappa shape index (κ3) is 3.10. The lowest BCUT2D eigenvalue weighted by Gasteiger charge is -2.35. The van der Waals surface area contributed by atoms with E-state index < -0.39 is 0 Å². The van der Waals surface area contributed by atoms with Gasteiger partial charge in [-0.25, -0.2) is 4.98 Å². The van der Waals surface area contributed by atoms with Gasteiger partial charge in [0, 0.05) is 38.6 Å². The molecule has 5 heteroatoms. The SMILES string of the molecule is NCc1nccnc1N1CCC(CN2CCCC2)CC1. The second-order valence-electron chi connectivity index (χ2n) is 5.97. The summed E-state index contributed by atoms with van der Waals surface area (Å²) in [6.07, 6.45) is 8.79. The molecule has 0 spiro atoms. The minimum absolute atomic E-state index is 0.469. The van der Waals surface area contributed by atoms with Gasteiger partial charge in [-0.2, -0.15) is 0 Å². The Labute approximate surface area is 121 Å². The number of rotatable bonds is 4. The van der Waals surface area contributed by atoms with Crippen LogP contribution >= 0.6 is 0 Å². The number of aromatic nitrogens is 2. The van der Waals surface area contributed by atoms with Crippen molar-refractivity contribution in [2.45, 2.75) is 32.2 Å². The van der Waals surface area contributed by atoms with E-state index in [1.807, 2.05) is 0 Å². The monoisotopic (exact) mass is 275 g/mol. The van der Waals surface area contributed by atoms with Crippen LogP contribution in [-0.4, -0.2) is 47.6 Å². The van der Waals surface area contributed by atoms with Gasteiger partial charge in [-0.1, -0.05) is 0 Å². The largest absolute Gasteiger partial charge is 0.355 e. The number of piperidine rings is 1. The highest BCUT2D eigenvalue weighted by Crippen LogP contribution is 2.24. The molecular formula is C15H25N5. The molecule has 0 amide bonds. The molecule has 20 heavy (non-hydrogen) atoms. The van der Waals surface area contributed by atoms with Crippen molar-refractivity contribution in [3.05, 3.63) is 18.1 Å². The van der Waals surface area contributed by atoms with Crippen molar-refractivity contribution in [3.8, 4) is 0 Å². The van der Waals surface area contributed by atoms with Crippen LogP contribution in [0.3, 0.4) is 0 Å². The van der Waals surface area contributed by atoms with Crippen LogP contribution in [0.15, 0.2) is 12.4 Å². The van der Waals surface area contributed by atoms with E-state index in [0.29, 0.717) is 6.54 Å². The van der Waals surface area contributed by atoms with E-state index in [1.165, 1.54) is 45.3 Å². The van der Waals surface area contributed by atoms with Gasteiger partial charge in [0.1, 0.15) is 0 Å². The molecule has 0 radical (unpaired) electrons. The average molecular weight is 275 g/mol. The summed E-state index contributed by atoms with van der Waals surface area (Å²) in [4.78, 5) is 13.8. The topological polar surface area (TPSA) is 58.3 Å². The number of anilines is 1. The van der Waals surface area contributed by atoms with Gasteiger partial charge in [-0.05, 0) is 44.7 Å². The fraction of sp³-hybridized carbons (Fsp3) is 0.733. The molecule has 2 aliphatic rings. The van der Waals surface area contributed by atoms with Gasteiger partial charge in [-0.3, -0.25) is 4.98 Å². The third-order valence-corrected chi connectivity index (χ3v) is 4.57. The van der Waals surface area contributed by atoms with E-state index in [4.69, 9.17) is 5.73 Å². The van der Waals surface area contributed by atoms with E-state index in [9.17, 15) is 0 Å². The molecule has 2 saturated heterocycles. The first-order valence-corrected chi connectivity index (χ1v) is 7.84. The predicted octanol–water partition coefficient (Wildman–Crippen LogP) is 1.25. The van der Waals surface area contributed by atoms with Gasteiger partial charge >= 0.3 is 0 Å². The molecule has 3 heterocycles. The molecule has 2 fully saturated rings. The van der Waals surface area contributed by atoms with Gasteiger partial charge < -0.3 is 15.5 Å². The molecule has 2 aliphatic heterocycles. The minimum Gasteiger partial charge on any atom is -0.355 e. The van der Waals surface area contributed by atoms with Gasteiger partial charge in [0.05, 0.1) is 5.69 Å². The zero-order valence-electron chi connectivity index (χ0n) is 12.2. The summed E-state index contributed by atoms with van der Waals surface area (Å²) in [5.74, 6) is 1.84. The molecule has 3 rings (SSSR count). The molecule has 0 bridgehead atoms. The second-order valence-corrected chi connectivity index (χ2v) is 5.97. The summed E-state index contributed by atoms with van der Waals surface area (Å²) in [7, 11) is 0. The van der Waals surface area contributed by atoms with E-state index in [1.54, 1.807) is 12.4 Å². The van der Waals surface area contributed by atoms with Gasteiger partial charge in [0.25, 0.3) is 0 Å². The number of nitrogens with zero attached hydrogens (tertiary/aromatic N) is 4. The maximum Gasteiger partial charge on any atom is 0.151 e. The molecule has 0 unspecified atom stereocenters. The highest BCUT2D eigenvalue weighted by Gasteiger charge is 2.24. The van der Waals surface area contributed by atoms with Crippen molar-refractivity contribution in [2.24, 2.45) is 11.7 Å². The van der Waals surface area contributed by atoms with E-state index in [2.05, 4.69) is 19.8 Å². The fourth-order valence-electron chi connectivity index (χ4n) is 3.43. The Morgan fingerprint density at radius 3 is 2.45 bits per heavy atom. The Balaban J connectivity index is 1.55. The molecule has 0 aromatic carbocycles. The summed E-state index contributed by atoms with van der Waals surface area (Å²) in [5, 5.41) is 0. The fourth-order valence-corrected chi connectivity index (χ4v) is 3.43. The summed E-state index contributed by atoms with van der Waals surface area (Å²) < 4.78 is 0. The van der Waals surface area contributed by atoms with Crippen molar-refractivity contribution in [3.63, 3.8) is 0 Å². The molecule has 110 valence electrons. The number of hydrogen-bond donors (Lipinski definition) is 1. The smallest absolute Gasteiger partial charge is 0.151 e. The lowest BCUT2D eigenvalue weighted by Crippen LogP contribution is -2.39. The Bertz CT molecular complexity index is 422. The van der Waals surface area contributed by atoms with Crippen molar-refractivity contribution in [1.82, 2.24) is 14.9 Å². The van der Waals surface area contributed by atoms with Crippen LogP contribution in [-0.2, 0) is 6.54 Å². The number of likely N-dealkylation sites (tertiary alicyclic amines) is 1. The quantitative estimate of drug-likeness (QED) is 0.896. The van der Waals surface area contributed by atoms with Crippen molar-refractivity contribution >= 4 is 5.82 Å². The Morgan fingerprint density at radius 2 is 1.75 bits per heavy atom. The van der Waals surface area contributed by atoms with Crippen LogP contribution in [0, 0.1) is 5.92 Å². The zero-order valence-corrected chi connectivity index (χ0v) is 12.2. The summed E-state index contributed by atoms with van der Waals surface area (Å²) in [5.41, 5.74) is 6.68. The first-order chi connectivity index (χ1) is 9.86. The van der Waals surface area contributed by atoms with Gasteiger partial charge in [0.15, 0.2) is 5.82 Å². The third-order valence-electron chi connectivity index (χ3n) is 4.57. The Hall–Kier alpha value is -1.20. The van der Waals surface area contributed by atoms with E-state index in [-0.39, 0.29) is 0 Å². The van der Waals surface area contributed by atoms with Crippen LogP contribution in [0.4, 0.5) is 5.82 Å². The van der Waals surface area contributed by atoms with Crippen LogP contribution in [0.5, 0.6) is 0 Å². The van der Waals surface area contributed by atoms with Crippen molar-refractivity contribution in [2.75, 3.05) is 37.6 Å². The average Bonchev–Trinajstić information content (AvgIpc) is 3.01. The molecule has 1 aromatic heterocycles. The predicted molar refractivity (Wildman–Crippen MR) is 80.5 cm³/mol. The maximum atomic E-state index is 5.76. The summed E-state index contributed by atoms with van der Waals surface area (Å²) in [6.45, 7) is 6.55. The molecule has 0 aliphatic carbocycles. The van der Waals surface area contributed by atoms with E-state index >= 15 is 0 Å². The second kappa shape index (κ2) is 6.50. The highest BCUT2D eigenvalue weighted by atomic mass is 15.2. The summed E-state index contributed by atoms with van der Waals surface area (Å²) in [6, 6.07) is 0. The first-order valence-electron chi connectivity index (χ1n) is 7.84. The molecular weight excluding hydrogens is 250 g/mol. The van der Waals surface area contributed by atoms with Crippen LogP contribution < -0.4 is 10.6 Å². The normalized spacial score (nSPS) is 21.6. The lowest BCUT2D eigenvalue weighted by atomic mass is 9.96. The molecule has 0 atom stereocenters. The number of hydrogen-bond acceptors (Lipinski definition) is 5. The Kier molecular flexibility index (Phi) is 4.47. The Morgan fingerprint density at radius 1 is 1.05 bits per heavy atom. The van der Waals surface area contributed by atoms with Crippen LogP contribution in [0.1, 0.15) is 31.4 Å². The van der Waals surface area contributed by atoms with Crippen molar-refractivity contribution < 1.29 is 0 Å². The van der Waals surface area contributed by atoms with Crippen molar-refractivity contribution in [1.29, 1.82) is 0 Å². The molecule has 0 saturated carbocycles. The summed E-state index contributed by atoms with van der Waals surface area (Å²) >= 11 is 0. The van der Waals surface area contributed by atoms with Crippen LogP contribution in [0.25, 0.3) is 0 Å². The van der Waals surface area contributed by atoms with Gasteiger partial charge in [0.2, 0.25) is 0 Å². The number of nitrogens with two attached hydrogens (primary N) is 1. The molecule has 2 N–H and O–H groups in total. The van der Waals surface area contributed by atoms with E-state index in [0.717, 1.165) is 30.5 Å². The minimum atomic E-state index is 0.469. The lowest BCUT2D eigenvalue weighted by molar-refractivity contribution is 0.249. The van der Waals surface area contributed by atoms with Gasteiger partial charge in [-0.15, -0.1) is 0 Å².